The summed E-state index contributed by atoms with van der Waals surface area (Å²) in [4.78, 5) is 2.39. The summed E-state index contributed by atoms with van der Waals surface area (Å²) in [6.45, 7) is 4.70. The maximum atomic E-state index is 2.39. The number of anilines is 3. The van der Waals surface area contributed by atoms with E-state index in [9.17, 15) is 0 Å². The van der Waals surface area contributed by atoms with Crippen molar-refractivity contribution in [2.45, 2.75) is 19.3 Å². The van der Waals surface area contributed by atoms with Crippen LogP contribution in [0.4, 0.5) is 17.1 Å². The molecule has 0 fully saturated rings. The van der Waals surface area contributed by atoms with Crippen LogP contribution in [-0.2, 0) is 5.41 Å². The molecular weight excluding hydrogens is 579 g/mol. The monoisotopic (exact) mass is 613 g/mol. The van der Waals surface area contributed by atoms with Crippen LogP contribution in [0, 0.1) is 0 Å². The predicted molar refractivity (Wildman–Crippen MR) is 205 cm³/mol. The van der Waals surface area contributed by atoms with Crippen molar-refractivity contribution in [3.63, 3.8) is 0 Å². The van der Waals surface area contributed by atoms with E-state index in [0.717, 1.165) is 17.1 Å². The Kier molecular flexibility index (Phi) is 6.55. The van der Waals surface area contributed by atoms with Crippen LogP contribution in [-0.4, -0.2) is 0 Å². The molecule has 0 bridgehead atoms. The van der Waals surface area contributed by atoms with E-state index in [0.29, 0.717) is 0 Å². The lowest BCUT2D eigenvalue weighted by molar-refractivity contribution is 0.660. The summed E-state index contributed by atoms with van der Waals surface area (Å²) >= 11 is 0. The second-order valence-corrected chi connectivity index (χ2v) is 13.4. The fraction of sp³-hybridized carbons (Fsp3) is 0.0638. The minimum Gasteiger partial charge on any atom is -0.310 e. The average Bonchev–Trinajstić information content (AvgIpc) is 3.38. The molecule has 0 amide bonds. The molecule has 0 spiro atoms. The molecule has 1 nitrogen and oxygen atoms in total. The predicted octanol–water partition coefficient (Wildman–Crippen LogP) is 13.1. The van der Waals surface area contributed by atoms with Crippen LogP contribution < -0.4 is 4.90 Å². The summed E-state index contributed by atoms with van der Waals surface area (Å²) < 4.78 is 0. The number of hydrogen-bond donors (Lipinski definition) is 0. The second kappa shape index (κ2) is 11.1. The first kappa shape index (κ1) is 28.3. The zero-order valence-corrected chi connectivity index (χ0v) is 27.2. The number of hydrogen-bond acceptors (Lipinski definition) is 1. The van der Waals surface area contributed by atoms with Gasteiger partial charge >= 0.3 is 0 Å². The Morgan fingerprint density at radius 1 is 0.375 bits per heavy atom. The molecule has 0 aliphatic heterocycles. The van der Waals surface area contributed by atoms with Crippen LogP contribution in [0.3, 0.4) is 0 Å². The minimum absolute atomic E-state index is 0.0392. The maximum Gasteiger partial charge on any atom is 0.0468 e. The van der Waals surface area contributed by atoms with Gasteiger partial charge in [-0.25, -0.2) is 0 Å². The Balaban J connectivity index is 1.20. The number of nitrogens with zero attached hydrogens (tertiary/aromatic N) is 1. The third-order valence-electron chi connectivity index (χ3n) is 10.2. The molecular formula is C47H35N. The molecule has 0 saturated heterocycles. The molecule has 0 N–H and O–H groups in total. The molecule has 0 heterocycles. The SMILES string of the molecule is CC1(C)c2ccccc2-c2c(-c3cccc(N(c4ccc(-c5cccc6ccccc56)cc4)c4ccc5ccccc5c4)c3)cccc21. The molecule has 228 valence electrons. The van der Waals surface area contributed by atoms with E-state index in [1.54, 1.807) is 0 Å². The molecule has 8 aromatic rings. The number of rotatable bonds is 5. The van der Waals surface area contributed by atoms with Crippen LogP contribution >= 0.6 is 0 Å². The average molecular weight is 614 g/mol. The standard InChI is InChI=1S/C47H35N/c1-47(2)44-22-8-7-19-43(44)46-42(21-11-23-45(46)47)36-16-9-17-38(31-36)48(39-29-24-32-12-3-4-14-35(32)30-39)37-27-25-34(26-28-37)41-20-10-15-33-13-5-6-18-40(33)41/h3-31H,1-2H3. The van der Waals surface area contributed by atoms with Crippen LogP contribution in [0.1, 0.15) is 25.0 Å². The van der Waals surface area contributed by atoms with Gasteiger partial charge in [0.25, 0.3) is 0 Å². The van der Waals surface area contributed by atoms with Gasteiger partial charge in [-0.15, -0.1) is 0 Å². The van der Waals surface area contributed by atoms with Gasteiger partial charge in [0.1, 0.15) is 0 Å². The molecule has 9 rings (SSSR count). The lowest BCUT2D eigenvalue weighted by Gasteiger charge is -2.27. The van der Waals surface area contributed by atoms with E-state index in [2.05, 4.69) is 195 Å². The first-order valence-electron chi connectivity index (χ1n) is 16.8. The quantitative estimate of drug-likeness (QED) is 0.187. The highest BCUT2D eigenvalue weighted by molar-refractivity contribution is 5.98. The molecule has 0 saturated carbocycles. The van der Waals surface area contributed by atoms with Crippen molar-refractivity contribution < 1.29 is 0 Å². The van der Waals surface area contributed by atoms with E-state index >= 15 is 0 Å². The Hall–Kier alpha value is -5.92. The Bertz CT molecular complexity index is 2480. The summed E-state index contributed by atoms with van der Waals surface area (Å²) in [7, 11) is 0. The highest BCUT2D eigenvalue weighted by atomic mass is 15.1. The van der Waals surface area contributed by atoms with Crippen LogP contribution in [0.2, 0.25) is 0 Å². The van der Waals surface area contributed by atoms with E-state index in [-0.39, 0.29) is 5.41 Å². The van der Waals surface area contributed by atoms with Crippen molar-refractivity contribution in [1.29, 1.82) is 0 Å². The fourth-order valence-corrected chi connectivity index (χ4v) is 7.84. The third-order valence-corrected chi connectivity index (χ3v) is 10.2. The highest BCUT2D eigenvalue weighted by Gasteiger charge is 2.36. The summed E-state index contributed by atoms with van der Waals surface area (Å²) in [5.41, 5.74) is 13.8. The van der Waals surface area contributed by atoms with Crippen molar-refractivity contribution in [3.05, 3.63) is 187 Å². The van der Waals surface area contributed by atoms with Crippen molar-refractivity contribution in [3.8, 4) is 33.4 Å². The van der Waals surface area contributed by atoms with Gasteiger partial charge in [0, 0.05) is 22.5 Å². The molecule has 48 heavy (non-hydrogen) atoms. The largest absolute Gasteiger partial charge is 0.310 e. The van der Waals surface area contributed by atoms with Gasteiger partial charge in [-0.2, -0.15) is 0 Å². The number of benzene rings is 8. The van der Waals surface area contributed by atoms with Crippen molar-refractivity contribution in [1.82, 2.24) is 0 Å². The topological polar surface area (TPSA) is 3.24 Å². The fourth-order valence-electron chi connectivity index (χ4n) is 7.84. The lowest BCUT2D eigenvalue weighted by Crippen LogP contribution is -2.14. The van der Waals surface area contributed by atoms with E-state index in [1.807, 2.05) is 0 Å². The van der Waals surface area contributed by atoms with E-state index in [1.165, 1.54) is 66.1 Å². The molecule has 0 radical (unpaired) electrons. The third kappa shape index (κ3) is 4.54. The summed E-state index contributed by atoms with van der Waals surface area (Å²) in [6.07, 6.45) is 0. The molecule has 0 unspecified atom stereocenters. The normalized spacial score (nSPS) is 13.0. The summed E-state index contributed by atoms with van der Waals surface area (Å²) in [6, 6.07) is 64.4. The number of fused-ring (bicyclic) bond motifs is 5. The van der Waals surface area contributed by atoms with Gasteiger partial charge in [0.15, 0.2) is 0 Å². The summed E-state index contributed by atoms with van der Waals surface area (Å²) in [5.74, 6) is 0. The second-order valence-electron chi connectivity index (χ2n) is 13.4. The Morgan fingerprint density at radius 3 is 1.85 bits per heavy atom. The van der Waals surface area contributed by atoms with Crippen LogP contribution in [0.15, 0.2) is 176 Å². The smallest absolute Gasteiger partial charge is 0.0468 e. The molecule has 0 atom stereocenters. The van der Waals surface area contributed by atoms with Gasteiger partial charge < -0.3 is 4.90 Å². The highest BCUT2D eigenvalue weighted by Crippen LogP contribution is 2.52. The van der Waals surface area contributed by atoms with Gasteiger partial charge in [0.2, 0.25) is 0 Å². The Morgan fingerprint density at radius 2 is 0.979 bits per heavy atom. The zero-order valence-electron chi connectivity index (χ0n) is 27.2. The first-order chi connectivity index (χ1) is 23.6. The van der Waals surface area contributed by atoms with Crippen molar-refractivity contribution >= 4 is 38.6 Å². The van der Waals surface area contributed by atoms with E-state index in [4.69, 9.17) is 0 Å². The van der Waals surface area contributed by atoms with Crippen LogP contribution in [0.25, 0.3) is 54.9 Å². The maximum absolute atomic E-state index is 2.39. The van der Waals surface area contributed by atoms with Crippen molar-refractivity contribution in [2.75, 3.05) is 4.90 Å². The van der Waals surface area contributed by atoms with E-state index < -0.39 is 0 Å². The van der Waals surface area contributed by atoms with Gasteiger partial charge in [-0.3, -0.25) is 0 Å². The van der Waals surface area contributed by atoms with Gasteiger partial charge in [0.05, 0.1) is 0 Å². The van der Waals surface area contributed by atoms with Crippen molar-refractivity contribution in [2.24, 2.45) is 0 Å². The molecule has 1 aliphatic carbocycles. The zero-order chi connectivity index (χ0) is 32.2. The molecule has 0 aromatic heterocycles. The summed E-state index contributed by atoms with van der Waals surface area (Å²) in [5, 5.41) is 4.99. The lowest BCUT2D eigenvalue weighted by atomic mass is 9.82. The molecule has 1 heteroatoms. The van der Waals surface area contributed by atoms with Gasteiger partial charge in [-0.1, -0.05) is 153 Å². The molecule has 1 aliphatic rings. The minimum atomic E-state index is -0.0392. The Labute approximate surface area is 282 Å². The van der Waals surface area contributed by atoms with Gasteiger partial charge in [-0.05, 0) is 102 Å². The van der Waals surface area contributed by atoms with Crippen LogP contribution in [0.5, 0.6) is 0 Å². The first-order valence-corrected chi connectivity index (χ1v) is 16.8. The molecule has 8 aromatic carbocycles.